The average Bonchev–Trinajstić information content (AvgIpc) is 3.23. The maximum atomic E-state index is 12.8. The molecule has 0 bridgehead atoms. The van der Waals surface area contributed by atoms with Gasteiger partial charge in [0, 0.05) is 38.0 Å². The summed E-state index contributed by atoms with van der Waals surface area (Å²) in [5.74, 6) is -0.529. The molecule has 2 fully saturated rings. The first-order valence-corrected chi connectivity index (χ1v) is 8.81. The molecule has 1 aromatic carbocycles. The number of carbonyl (C=O) groups is 1. The Morgan fingerprint density at radius 3 is 2.44 bits per heavy atom. The number of hydrogen-bond donors (Lipinski definition) is 0. The second-order valence-corrected chi connectivity index (χ2v) is 6.88. The first kappa shape index (κ1) is 16.6. The van der Waals surface area contributed by atoms with Gasteiger partial charge in [0.2, 0.25) is 0 Å². The van der Waals surface area contributed by atoms with E-state index in [0.29, 0.717) is 49.9 Å². The molecule has 7 heteroatoms. The van der Waals surface area contributed by atoms with Gasteiger partial charge >= 0.3 is 0 Å². The van der Waals surface area contributed by atoms with Crippen LogP contribution in [0.3, 0.4) is 0 Å². The molecule has 0 aliphatic carbocycles. The smallest absolute Gasteiger partial charge is 0.274 e. The van der Waals surface area contributed by atoms with E-state index in [4.69, 9.17) is 21.1 Å². The Morgan fingerprint density at radius 1 is 1.16 bits per heavy atom. The number of hydrogen-bond acceptors (Lipinski definition) is 4. The predicted octanol–water partition coefficient (Wildman–Crippen LogP) is 2.72. The molecule has 1 aromatic heterocycles. The van der Waals surface area contributed by atoms with Crippen molar-refractivity contribution >= 4 is 17.5 Å². The molecule has 0 N–H and O–H groups in total. The number of aryl methyl sites for hydroxylation is 1. The fraction of sp³-hybridized carbons (Fsp3) is 0.444. The minimum atomic E-state index is -0.477. The van der Waals surface area contributed by atoms with Crippen molar-refractivity contribution in [3.05, 3.63) is 41.0 Å². The zero-order valence-corrected chi connectivity index (χ0v) is 14.8. The van der Waals surface area contributed by atoms with Gasteiger partial charge in [-0.15, -0.1) is 0 Å². The minimum absolute atomic E-state index is 0.0522. The molecule has 0 unspecified atom stereocenters. The summed E-state index contributed by atoms with van der Waals surface area (Å²) in [6.07, 6.45) is 1.41. The third kappa shape index (κ3) is 3.17. The molecule has 6 nitrogen and oxygen atoms in total. The van der Waals surface area contributed by atoms with Crippen molar-refractivity contribution in [1.29, 1.82) is 0 Å². The molecule has 3 heterocycles. The Kier molecular flexibility index (Phi) is 4.27. The van der Waals surface area contributed by atoms with Gasteiger partial charge in [0.15, 0.2) is 11.5 Å². The molecular weight excluding hydrogens is 342 g/mol. The topological polar surface area (TPSA) is 56.6 Å². The summed E-state index contributed by atoms with van der Waals surface area (Å²) in [4.78, 5) is 14.6. The number of ether oxygens (including phenoxy) is 2. The van der Waals surface area contributed by atoms with E-state index in [9.17, 15) is 4.79 Å². The normalized spacial score (nSPS) is 19.5. The standard InChI is InChI=1S/C18H20ClN3O3/c1-21-16(13-2-4-14(19)5-3-13)12-15(20-21)17(23)22-8-6-18(7-9-22)24-10-11-25-18/h2-5,12H,6-11H2,1H3. The molecule has 25 heavy (non-hydrogen) atoms. The average molecular weight is 362 g/mol. The summed E-state index contributed by atoms with van der Waals surface area (Å²) in [6.45, 7) is 2.51. The van der Waals surface area contributed by atoms with Crippen LogP contribution in [0.4, 0.5) is 0 Å². The summed E-state index contributed by atoms with van der Waals surface area (Å²) >= 11 is 5.94. The Labute approximate surface area is 151 Å². The summed E-state index contributed by atoms with van der Waals surface area (Å²) in [5.41, 5.74) is 2.32. The van der Waals surface area contributed by atoms with Crippen molar-refractivity contribution in [2.75, 3.05) is 26.3 Å². The van der Waals surface area contributed by atoms with Crippen LogP contribution in [0, 0.1) is 0 Å². The van der Waals surface area contributed by atoms with Crippen LogP contribution in [0.1, 0.15) is 23.3 Å². The Hall–Kier alpha value is -1.89. The van der Waals surface area contributed by atoms with Crippen LogP contribution >= 0.6 is 11.6 Å². The van der Waals surface area contributed by atoms with E-state index in [1.54, 1.807) is 4.68 Å². The van der Waals surface area contributed by atoms with Crippen LogP contribution in [-0.4, -0.2) is 52.7 Å². The van der Waals surface area contributed by atoms with Crippen molar-refractivity contribution in [3.63, 3.8) is 0 Å². The maximum absolute atomic E-state index is 12.8. The van der Waals surface area contributed by atoms with Gasteiger partial charge in [-0.25, -0.2) is 0 Å². The SMILES string of the molecule is Cn1nc(C(=O)N2CCC3(CC2)OCCO3)cc1-c1ccc(Cl)cc1. The molecule has 0 saturated carbocycles. The van der Waals surface area contributed by atoms with Gasteiger partial charge in [-0.05, 0) is 23.8 Å². The van der Waals surface area contributed by atoms with E-state index in [0.717, 1.165) is 11.3 Å². The van der Waals surface area contributed by atoms with Crippen LogP contribution in [0.5, 0.6) is 0 Å². The maximum Gasteiger partial charge on any atom is 0.274 e. The lowest BCUT2D eigenvalue weighted by molar-refractivity contribution is -0.181. The first-order valence-electron chi connectivity index (χ1n) is 8.44. The van der Waals surface area contributed by atoms with Crippen molar-refractivity contribution in [2.24, 2.45) is 7.05 Å². The lowest BCUT2D eigenvalue weighted by Gasteiger charge is -2.37. The number of piperidine rings is 1. The highest BCUT2D eigenvalue weighted by Gasteiger charge is 2.41. The van der Waals surface area contributed by atoms with Crippen LogP contribution in [-0.2, 0) is 16.5 Å². The summed E-state index contributed by atoms with van der Waals surface area (Å²) in [7, 11) is 1.84. The van der Waals surface area contributed by atoms with Crippen LogP contribution < -0.4 is 0 Å². The van der Waals surface area contributed by atoms with E-state index in [2.05, 4.69) is 5.10 Å². The van der Waals surface area contributed by atoms with Crippen LogP contribution in [0.2, 0.25) is 5.02 Å². The van der Waals surface area contributed by atoms with Gasteiger partial charge in [-0.2, -0.15) is 5.10 Å². The van der Waals surface area contributed by atoms with Gasteiger partial charge in [0.25, 0.3) is 5.91 Å². The molecule has 0 atom stereocenters. The van der Waals surface area contributed by atoms with E-state index < -0.39 is 5.79 Å². The van der Waals surface area contributed by atoms with Crippen molar-refractivity contribution in [3.8, 4) is 11.3 Å². The number of benzene rings is 1. The molecule has 2 saturated heterocycles. The number of rotatable bonds is 2. The van der Waals surface area contributed by atoms with E-state index in [1.807, 2.05) is 42.3 Å². The summed E-state index contributed by atoms with van der Waals surface area (Å²) in [5, 5.41) is 5.08. The van der Waals surface area contributed by atoms with Gasteiger partial charge in [0.05, 0.1) is 18.9 Å². The summed E-state index contributed by atoms with van der Waals surface area (Å²) in [6, 6.07) is 9.34. The molecule has 1 amide bonds. The van der Waals surface area contributed by atoms with Crippen molar-refractivity contribution < 1.29 is 14.3 Å². The minimum Gasteiger partial charge on any atom is -0.347 e. The quantitative estimate of drug-likeness (QED) is 0.825. The third-order valence-corrected chi connectivity index (χ3v) is 5.12. The van der Waals surface area contributed by atoms with Crippen LogP contribution in [0.25, 0.3) is 11.3 Å². The lowest BCUT2D eigenvalue weighted by atomic mass is 10.0. The molecule has 1 spiro atoms. The largest absolute Gasteiger partial charge is 0.347 e. The van der Waals surface area contributed by atoms with E-state index >= 15 is 0 Å². The third-order valence-electron chi connectivity index (χ3n) is 4.86. The number of likely N-dealkylation sites (tertiary alicyclic amines) is 1. The van der Waals surface area contributed by atoms with Crippen molar-refractivity contribution in [1.82, 2.24) is 14.7 Å². The molecule has 0 radical (unpaired) electrons. The fourth-order valence-corrected chi connectivity index (χ4v) is 3.59. The number of halogens is 1. The highest BCUT2D eigenvalue weighted by atomic mass is 35.5. The number of carbonyl (C=O) groups excluding carboxylic acids is 1. The molecule has 2 aliphatic rings. The first-order chi connectivity index (χ1) is 12.1. The van der Waals surface area contributed by atoms with Gasteiger partial charge in [-0.3, -0.25) is 9.48 Å². The number of aromatic nitrogens is 2. The predicted molar refractivity (Wildman–Crippen MR) is 93.4 cm³/mol. The zero-order valence-electron chi connectivity index (χ0n) is 14.1. The zero-order chi connectivity index (χ0) is 17.4. The lowest BCUT2D eigenvalue weighted by Crippen LogP contribution is -2.47. The highest BCUT2D eigenvalue weighted by Crippen LogP contribution is 2.32. The van der Waals surface area contributed by atoms with E-state index in [1.165, 1.54) is 0 Å². The molecule has 4 rings (SSSR count). The van der Waals surface area contributed by atoms with Crippen molar-refractivity contribution in [2.45, 2.75) is 18.6 Å². The van der Waals surface area contributed by atoms with Gasteiger partial charge in [-0.1, -0.05) is 23.7 Å². The number of amides is 1. The second-order valence-electron chi connectivity index (χ2n) is 6.45. The molecule has 132 valence electrons. The van der Waals surface area contributed by atoms with Crippen LogP contribution in [0.15, 0.2) is 30.3 Å². The van der Waals surface area contributed by atoms with E-state index in [-0.39, 0.29) is 5.91 Å². The highest BCUT2D eigenvalue weighted by molar-refractivity contribution is 6.30. The Balaban J connectivity index is 1.49. The second kappa shape index (κ2) is 6.44. The molecule has 2 aliphatic heterocycles. The van der Waals surface area contributed by atoms with Gasteiger partial charge < -0.3 is 14.4 Å². The monoisotopic (exact) mass is 361 g/mol. The fourth-order valence-electron chi connectivity index (χ4n) is 3.46. The van der Waals surface area contributed by atoms with Gasteiger partial charge in [0.1, 0.15) is 0 Å². The number of nitrogens with zero attached hydrogens (tertiary/aromatic N) is 3. The Bertz CT molecular complexity index is 771. The molecule has 2 aromatic rings. The Morgan fingerprint density at radius 2 is 1.80 bits per heavy atom. The summed E-state index contributed by atoms with van der Waals surface area (Å²) < 4.78 is 13.2. The molecular formula is C18H20ClN3O3.